The van der Waals surface area contributed by atoms with Crippen LogP contribution in [0.3, 0.4) is 0 Å². The Kier molecular flexibility index (Phi) is 7.11. The van der Waals surface area contributed by atoms with Crippen LogP contribution >= 0.6 is 17.0 Å². The van der Waals surface area contributed by atoms with E-state index in [2.05, 4.69) is 4.74 Å². The van der Waals surface area contributed by atoms with E-state index in [0.717, 1.165) is 5.02 Å². The van der Waals surface area contributed by atoms with Gasteiger partial charge in [0.25, 0.3) is 0 Å². The van der Waals surface area contributed by atoms with Crippen molar-refractivity contribution in [3.05, 3.63) is 35.9 Å². The Labute approximate surface area is 96.0 Å². The summed E-state index contributed by atoms with van der Waals surface area (Å²) in [5.74, 6) is 0. The Morgan fingerprint density at radius 3 is 2.54 bits per heavy atom. The van der Waals surface area contributed by atoms with Crippen molar-refractivity contribution in [3.8, 4) is 0 Å². The van der Waals surface area contributed by atoms with Gasteiger partial charge in [-0.2, -0.15) is 0 Å². The van der Waals surface area contributed by atoms with Crippen molar-refractivity contribution in [2.45, 2.75) is 5.02 Å². The summed E-state index contributed by atoms with van der Waals surface area (Å²) in [6, 6.07) is 10.1. The number of carbonyl (C=O) groups is 1. The molecule has 1 rings (SSSR count). The topological polar surface area (TPSA) is 26.3 Å². The molecule has 0 fully saturated rings. The number of hydrogen-bond acceptors (Lipinski definition) is 2. The fourth-order valence-corrected chi connectivity index (χ4v) is 3.15. The number of hydrogen-bond donors (Lipinski definition) is 0. The Bertz CT molecular complexity index is 251. The molecule has 13 heavy (non-hydrogen) atoms. The summed E-state index contributed by atoms with van der Waals surface area (Å²) in [6.07, 6.45) is 0. The molecular weight excluding hydrogens is 285 g/mol. The number of benzene rings is 1. The molecule has 0 aromatic heterocycles. The molecule has 0 aliphatic carbocycles. The third-order valence-corrected chi connectivity index (χ3v) is 4.89. The molecule has 0 saturated heterocycles. The third kappa shape index (κ3) is 5.17. The van der Waals surface area contributed by atoms with Crippen LogP contribution < -0.4 is 0 Å². The van der Waals surface area contributed by atoms with Crippen LogP contribution in [0.15, 0.2) is 30.3 Å². The molecule has 1 aromatic carbocycles. The molecule has 68 valence electrons. The van der Waals surface area contributed by atoms with Crippen LogP contribution in [0.5, 0.6) is 0 Å². The molecule has 4 heteroatoms. The molecule has 0 spiro atoms. The number of rotatable bonds is 3. The van der Waals surface area contributed by atoms with Gasteiger partial charge in [-0.1, -0.05) is 0 Å². The van der Waals surface area contributed by atoms with Crippen LogP contribution in [0.1, 0.15) is 5.56 Å². The summed E-state index contributed by atoms with van der Waals surface area (Å²) in [7, 11) is 1.46. The molecule has 0 aliphatic heterocycles. The quantitative estimate of drug-likeness (QED) is 0.802. The van der Waals surface area contributed by atoms with Crippen molar-refractivity contribution in [3.63, 3.8) is 0 Å². The summed E-state index contributed by atoms with van der Waals surface area (Å²) < 4.78 is 4.65. The van der Waals surface area contributed by atoms with Crippen molar-refractivity contribution in [1.29, 1.82) is 0 Å². The van der Waals surface area contributed by atoms with E-state index in [1.165, 1.54) is 12.7 Å². The summed E-state index contributed by atoms with van der Waals surface area (Å²) >= 11 is -1.14. The second kappa shape index (κ2) is 7.22. The van der Waals surface area contributed by atoms with Crippen molar-refractivity contribution in [2.24, 2.45) is 0 Å². The van der Waals surface area contributed by atoms with Crippen LogP contribution in [-0.2, 0) is 26.9 Å². The Morgan fingerprint density at radius 1 is 1.38 bits per heavy atom. The van der Waals surface area contributed by atoms with E-state index in [1.54, 1.807) is 0 Å². The summed E-state index contributed by atoms with van der Waals surface area (Å²) in [5, 5.41) is 0.945. The maximum atomic E-state index is 10.8. The zero-order valence-corrected chi connectivity index (χ0v) is 12.2. The van der Waals surface area contributed by atoms with Crippen LogP contribution in [0.2, 0.25) is 0 Å². The predicted octanol–water partition coefficient (Wildman–Crippen LogP) is 2.61. The Balaban J connectivity index is 0.00000144. The fraction of sp³-hybridized carbons (Fsp3) is 0.222. The van der Waals surface area contributed by atoms with Crippen molar-refractivity contribution >= 4 is 21.5 Å². The first-order chi connectivity index (χ1) is 5.83. The molecule has 0 saturated carbocycles. The first kappa shape index (κ1) is 12.8. The Morgan fingerprint density at radius 2 is 2.00 bits per heavy atom. The molecule has 0 bridgehead atoms. The molecule has 2 nitrogen and oxygen atoms in total. The maximum absolute atomic E-state index is 10.8. The monoisotopic (exact) mass is 294 g/mol. The molecule has 0 heterocycles. The van der Waals surface area contributed by atoms with Gasteiger partial charge in [-0.05, 0) is 0 Å². The number of carbonyl (C=O) groups excluding carboxylic acids is 1. The van der Waals surface area contributed by atoms with E-state index in [0.29, 0.717) is 0 Å². The average Bonchev–Trinajstić information content (AvgIpc) is 2.16. The van der Waals surface area contributed by atoms with Crippen LogP contribution in [0, 0.1) is 0 Å². The molecule has 0 atom stereocenters. The van der Waals surface area contributed by atoms with Gasteiger partial charge in [0.1, 0.15) is 0 Å². The minimum absolute atomic E-state index is 0. The number of ether oxygens (including phenoxy) is 1. The fourth-order valence-electron chi connectivity index (χ4n) is 0.993. The standard InChI is InChI=1S/C7H7.C2H3O2.BrH.Zn/c1-7-5-3-2-4-6-7;1-4-2-3;;/h2-6H,1H2;1H3;1H;. The number of methoxy groups -OCH3 is 1. The first-order valence-corrected chi connectivity index (χ1v) is 7.52. The van der Waals surface area contributed by atoms with Gasteiger partial charge in [0, 0.05) is 0 Å². The van der Waals surface area contributed by atoms with Crippen LogP contribution in [-0.4, -0.2) is 11.7 Å². The van der Waals surface area contributed by atoms with Gasteiger partial charge < -0.3 is 0 Å². The molecule has 0 amide bonds. The summed E-state index contributed by atoms with van der Waals surface area (Å²) in [5.41, 5.74) is 1.25. The van der Waals surface area contributed by atoms with Crippen LogP contribution in [0.25, 0.3) is 0 Å². The summed E-state index contributed by atoms with van der Waals surface area (Å²) in [6.45, 7) is 0. The van der Waals surface area contributed by atoms with E-state index in [4.69, 9.17) is 0 Å². The van der Waals surface area contributed by atoms with Crippen molar-refractivity contribution in [1.82, 2.24) is 0 Å². The van der Waals surface area contributed by atoms with Crippen LogP contribution in [0.4, 0.5) is 4.79 Å². The van der Waals surface area contributed by atoms with Gasteiger partial charge in [0.15, 0.2) is 0 Å². The minimum atomic E-state index is -1.14. The van der Waals surface area contributed by atoms with Gasteiger partial charge in [-0.15, -0.1) is 17.0 Å². The first-order valence-electron chi connectivity index (χ1n) is 3.93. The van der Waals surface area contributed by atoms with Gasteiger partial charge in [-0.25, -0.2) is 0 Å². The summed E-state index contributed by atoms with van der Waals surface area (Å²) in [4.78, 5) is 10.8. The molecule has 0 aliphatic rings. The second-order valence-corrected chi connectivity index (χ2v) is 5.87. The SMILES string of the molecule is Br.CO[C](=O)[Zn][CH2]c1ccccc1. The normalized spacial score (nSPS) is 8.08. The van der Waals surface area contributed by atoms with E-state index < -0.39 is 17.1 Å². The molecule has 0 radical (unpaired) electrons. The molecular formula is C9H11BrO2Zn. The predicted molar refractivity (Wildman–Crippen MR) is 52.9 cm³/mol. The van der Waals surface area contributed by atoms with Gasteiger partial charge in [0.05, 0.1) is 0 Å². The van der Waals surface area contributed by atoms with Crippen molar-refractivity contribution < 1.29 is 26.7 Å². The second-order valence-electron chi connectivity index (χ2n) is 2.56. The average molecular weight is 296 g/mol. The number of halogens is 1. The van der Waals surface area contributed by atoms with E-state index >= 15 is 0 Å². The third-order valence-electron chi connectivity index (χ3n) is 1.69. The van der Waals surface area contributed by atoms with E-state index in [1.807, 2.05) is 30.3 Å². The molecule has 0 unspecified atom stereocenters. The molecule has 0 N–H and O–H groups in total. The zero-order valence-electron chi connectivity index (χ0n) is 7.53. The molecule has 1 aromatic rings. The Hall–Kier alpha value is -0.207. The van der Waals surface area contributed by atoms with E-state index in [9.17, 15) is 4.79 Å². The zero-order chi connectivity index (χ0) is 8.81. The van der Waals surface area contributed by atoms with Gasteiger partial charge in [0.2, 0.25) is 0 Å². The van der Waals surface area contributed by atoms with E-state index in [-0.39, 0.29) is 21.5 Å². The van der Waals surface area contributed by atoms with Crippen molar-refractivity contribution in [2.75, 3.05) is 7.11 Å². The van der Waals surface area contributed by atoms with Gasteiger partial charge in [-0.3, -0.25) is 0 Å². The van der Waals surface area contributed by atoms with Gasteiger partial charge >= 0.3 is 79.2 Å².